The predicted octanol–water partition coefficient (Wildman–Crippen LogP) is 5.12. The number of Topliss-reactive ketones (excluding diaryl/α,β-unsaturated/α-hetero) is 2. The van der Waals surface area contributed by atoms with Crippen LogP contribution in [0.4, 0.5) is 11.4 Å². The molecule has 10 nitrogen and oxygen atoms in total. The number of nitrogens with one attached hydrogen (secondary N) is 1. The topological polar surface area (TPSA) is 142 Å². The molecule has 0 saturated carbocycles. The first kappa shape index (κ1) is 26.7. The lowest BCUT2D eigenvalue weighted by atomic mass is 10.1. The molecule has 0 aliphatic carbocycles. The van der Waals surface area contributed by atoms with Crippen LogP contribution < -0.4 is 10.1 Å². The summed E-state index contributed by atoms with van der Waals surface area (Å²) in [5.74, 6) is -0.517. The number of nitro groups is 1. The van der Waals surface area contributed by atoms with E-state index in [-0.39, 0.29) is 36.6 Å². The van der Waals surface area contributed by atoms with Gasteiger partial charge in [0.25, 0.3) is 5.69 Å². The highest BCUT2D eigenvalue weighted by Crippen LogP contribution is 2.24. The second kappa shape index (κ2) is 12.7. The standard InChI is InChI=1S/C27H24N2O8/c1-18(30)19-5-9-21(10-6-19)28-26(32)3-2-4-27(33)36-17-25(31)20-7-13-23(14-8-20)37-24-15-11-22(12-16-24)29(34)35/h5-16H,2-4,17H2,1H3,(H,28,32). The van der Waals surface area contributed by atoms with Crippen LogP contribution in [0.15, 0.2) is 72.8 Å². The van der Waals surface area contributed by atoms with Gasteiger partial charge in [0.05, 0.1) is 4.92 Å². The molecular weight excluding hydrogens is 480 g/mol. The summed E-state index contributed by atoms with van der Waals surface area (Å²) in [4.78, 5) is 57.8. The van der Waals surface area contributed by atoms with Gasteiger partial charge in [0.1, 0.15) is 11.5 Å². The fourth-order valence-electron chi connectivity index (χ4n) is 3.19. The molecule has 1 N–H and O–H groups in total. The number of anilines is 1. The maximum atomic E-state index is 12.3. The van der Waals surface area contributed by atoms with Crippen LogP contribution in [0.3, 0.4) is 0 Å². The number of nitro benzene ring substituents is 1. The number of non-ortho nitro benzene ring substituents is 1. The number of benzene rings is 3. The summed E-state index contributed by atoms with van der Waals surface area (Å²) < 4.78 is 10.6. The smallest absolute Gasteiger partial charge is 0.306 e. The fraction of sp³-hybridized carbons (Fsp3) is 0.185. The number of carbonyl (C=O) groups excluding carboxylic acids is 4. The van der Waals surface area contributed by atoms with E-state index in [2.05, 4.69) is 5.32 Å². The Balaban J connectivity index is 1.37. The molecule has 10 heteroatoms. The zero-order valence-electron chi connectivity index (χ0n) is 20.0. The van der Waals surface area contributed by atoms with E-state index < -0.39 is 23.3 Å². The predicted molar refractivity (Wildman–Crippen MR) is 134 cm³/mol. The average Bonchev–Trinajstić information content (AvgIpc) is 2.88. The van der Waals surface area contributed by atoms with Gasteiger partial charge in [0, 0.05) is 41.8 Å². The van der Waals surface area contributed by atoms with Gasteiger partial charge in [-0.1, -0.05) is 0 Å². The number of amides is 1. The van der Waals surface area contributed by atoms with Gasteiger partial charge in [-0.15, -0.1) is 0 Å². The molecule has 0 aliphatic heterocycles. The van der Waals surface area contributed by atoms with Crippen LogP contribution >= 0.6 is 0 Å². The normalized spacial score (nSPS) is 10.3. The van der Waals surface area contributed by atoms with Crippen LogP contribution in [0.1, 0.15) is 46.9 Å². The van der Waals surface area contributed by atoms with Crippen molar-refractivity contribution in [2.75, 3.05) is 11.9 Å². The molecule has 0 spiro atoms. The van der Waals surface area contributed by atoms with E-state index in [1.165, 1.54) is 43.3 Å². The van der Waals surface area contributed by atoms with Gasteiger partial charge in [-0.05, 0) is 74.0 Å². The van der Waals surface area contributed by atoms with Crippen molar-refractivity contribution in [3.05, 3.63) is 94.0 Å². The van der Waals surface area contributed by atoms with Gasteiger partial charge >= 0.3 is 5.97 Å². The zero-order chi connectivity index (χ0) is 26.8. The third-order valence-corrected chi connectivity index (χ3v) is 5.18. The Morgan fingerprint density at radius 3 is 1.95 bits per heavy atom. The van der Waals surface area contributed by atoms with Crippen LogP contribution in [-0.4, -0.2) is 35.0 Å². The molecule has 0 aliphatic rings. The molecule has 0 unspecified atom stereocenters. The van der Waals surface area contributed by atoms with E-state index in [9.17, 15) is 29.3 Å². The first-order valence-electron chi connectivity index (χ1n) is 11.3. The van der Waals surface area contributed by atoms with Crippen molar-refractivity contribution in [3.8, 4) is 11.5 Å². The van der Waals surface area contributed by atoms with E-state index in [0.29, 0.717) is 28.3 Å². The number of carbonyl (C=O) groups is 4. The van der Waals surface area contributed by atoms with Gasteiger partial charge in [0.2, 0.25) is 5.91 Å². The van der Waals surface area contributed by atoms with E-state index in [0.717, 1.165) is 0 Å². The molecule has 190 valence electrons. The average molecular weight is 504 g/mol. The lowest BCUT2D eigenvalue weighted by molar-refractivity contribution is -0.384. The molecule has 0 radical (unpaired) electrons. The molecule has 1 amide bonds. The number of ketones is 2. The summed E-state index contributed by atoms with van der Waals surface area (Å²) in [6.07, 6.45) is 0.318. The van der Waals surface area contributed by atoms with Crippen LogP contribution in [-0.2, 0) is 14.3 Å². The van der Waals surface area contributed by atoms with E-state index in [4.69, 9.17) is 9.47 Å². The zero-order valence-corrected chi connectivity index (χ0v) is 20.0. The number of rotatable bonds is 12. The highest BCUT2D eigenvalue weighted by molar-refractivity contribution is 5.98. The minimum atomic E-state index is -0.593. The van der Waals surface area contributed by atoms with E-state index >= 15 is 0 Å². The Kier molecular flexibility index (Phi) is 9.20. The van der Waals surface area contributed by atoms with Gasteiger partial charge in [-0.3, -0.25) is 29.3 Å². The van der Waals surface area contributed by atoms with Crippen LogP contribution in [0.5, 0.6) is 11.5 Å². The molecule has 3 aromatic rings. The Labute approximate surface area is 212 Å². The third kappa shape index (κ3) is 8.39. The van der Waals surface area contributed by atoms with Gasteiger partial charge in [0.15, 0.2) is 18.2 Å². The van der Waals surface area contributed by atoms with Gasteiger partial charge in [-0.25, -0.2) is 0 Å². The number of hydrogen-bond acceptors (Lipinski definition) is 8. The Morgan fingerprint density at radius 1 is 0.811 bits per heavy atom. The molecule has 0 bridgehead atoms. The number of esters is 1. The van der Waals surface area contributed by atoms with Crippen molar-refractivity contribution in [2.45, 2.75) is 26.2 Å². The van der Waals surface area contributed by atoms with Crippen molar-refractivity contribution < 1.29 is 33.6 Å². The summed E-state index contributed by atoms with van der Waals surface area (Å²) in [5.41, 5.74) is 1.36. The summed E-state index contributed by atoms with van der Waals surface area (Å²) in [6, 6.07) is 18.2. The summed E-state index contributed by atoms with van der Waals surface area (Å²) in [6.45, 7) is 1.02. The van der Waals surface area contributed by atoms with Crippen LogP contribution in [0.25, 0.3) is 0 Å². The molecule has 0 fully saturated rings. The summed E-state index contributed by atoms with van der Waals surface area (Å²) in [5, 5.41) is 13.4. The molecular formula is C27H24N2O8. The lowest BCUT2D eigenvalue weighted by Crippen LogP contribution is -2.15. The van der Waals surface area contributed by atoms with Crippen LogP contribution in [0.2, 0.25) is 0 Å². The SMILES string of the molecule is CC(=O)c1ccc(NC(=O)CCCC(=O)OCC(=O)c2ccc(Oc3ccc([N+](=O)[O-])cc3)cc2)cc1. The second-order valence-corrected chi connectivity index (χ2v) is 8.00. The molecule has 0 atom stereocenters. The molecule has 0 saturated heterocycles. The molecule has 3 rings (SSSR count). The van der Waals surface area contributed by atoms with Crippen molar-refractivity contribution in [2.24, 2.45) is 0 Å². The minimum Gasteiger partial charge on any atom is -0.457 e. The summed E-state index contributed by atoms with van der Waals surface area (Å²) >= 11 is 0. The van der Waals surface area contributed by atoms with E-state index in [1.807, 2.05) is 0 Å². The molecule has 37 heavy (non-hydrogen) atoms. The van der Waals surface area contributed by atoms with Crippen molar-refractivity contribution in [3.63, 3.8) is 0 Å². The lowest BCUT2D eigenvalue weighted by Gasteiger charge is -2.08. The maximum Gasteiger partial charge on any atom is 0.306 e. The number of hydrogen-bond donors (Lipinski definition) is 1. The fourth-order valence-corrected chi connectivity index (χ4v) is 3.19. The Hall–Kier alpha value is -4.86. The monoisotopic (exact) mass is 504 g/mol. The third-order valence-electron chi connectivity index (χ3n) is 5.18. The first-order valence-corrected chi connectivity index (χ1v) is 11.3. The first-order chi connectivity index (χ1) is 17.7. The molecule has 0 heterocycles. The Morgan fingerprint density at radius 2 is 1.38 bits per heavy atom. The van der Waals surface area contributed by atoms with Crippen molar-refractivity contribution >= 4 is 34.8 Å². The minimum absolute atomic E-state index is 0.0218. The highest BCUT2D eigenvalue weighted by Gasteiger charge is 2.12. The van der Waals surface area contributed by atoms with Gasteiger partial charge in [-0.2, -0.15) is 0 Å². The Bertz CT molecular complexity index is 1280. The summed E-state index contributed by atoms with van der Waals surface area (Å²) in [7, 11) is 0. The van der Waals surface area contributed by atoms with Crippen molar-refractivity contribution in [1.82, 2.24) is 0 Å². The quantitative estimate of drug-likeness (QED) is 0.155. The van der Waals surface area contributed by atoms with Crippen molar-refractivity contribution in [1.29, 1.82) is 0 Å². The number of ether oxygens (including phenoxy) is 2. The number of nitrogens with zero attached hydrogens (tertiary/aromatic N) is 1. The highest BCUT2D eigenvalue weighted by atomic mass is 16.6. The molecule has 0 aromatic heterocycles. The van der Waals surface area contributed by atoms with E-state index in [1.54, 1.807) is 36.4 Å². The maximum absolute atomic E-state index is 12.3. The second-order valence-electron chi connectivity index (χ2n) is 8.00. The largest absolute Gasteiger partial charge is 0.457 e. The van der Waals surface area contributed by atoms with Crippen LogP contribution in [0, 0.1) is 10.1 Å². The van der Waals surface area contributed by atoms with Gasteiger partial charge < -0.3 is 14.8 Å². The molecule has 3 aromatic carbocycles.